The van der Waals surface area contributed by atoms with Crippen molar-refractivity contribution in [3.63, 3.8) is 0 Å². The topological polar surface area (TPSA) is 45.3 Å². The molecule has 3 rings (SSSR count). The summed E-state index contributed by atoms with van der Waals surface area (Å²) in [5, 5.41) is 0. The van der Waals surface area contributed by atoms with Gasteiger partial charge in [0.1, 0.15) is 6.61 Å². The van der Waals surface area contributed by atoms with Crippen LogP contribution in [0, 0.1) is 0 Å². The van der Waals surface area contributed by atoms with Gasteiger partial charge in [0, 0.05) is 24.0 Å². The zero-order chi connectivity index (χ0) is 17.9. The van der Waals surface area contributed by atoms with E-state index in [9.17, 15) is 18.0 Å². The van der Waals surface area contributed by atoms with Crippen LogP contribution in [0.3, 0.4) is 0 Å². The van der Waals surface area contributed by atoms with Gasteiger partial charge in [0.05, 0.1) is 12.6 Å². The lowest BCUT2D eigenvalue weighted by molar-refractivity contribution is -0.176. The van der Waals surface area contributed by atoms with Crippen molar-refractivity contribution in [2.45, 2.75) is 31.7 Å². The first kappa shape index (κ1) is 17.5. The van der Waals surface area contributed by atoms with E-state index in [2.05, 4.69) is 9.72 Å². The highest BCUT2D eigenvalue weighted by atomic mass is 19.4. The first-order valence-corrected chi connectivity index (χ1v) is 8.12. The Bertz CT molecular complexity index is 696. The maximum absolute atomic E-state index is 12.7. The molecule has 1 aromatic heterocycles. The summed E-state index contributed by atoms with van der Waals surface area (Å²) in [6.07, 6.45) is -0.640. The molecule has 4 nitrogen and oxygen atoms in total. The van der Waals surface area contributed by atoms with Gasteiger partial charge in [-0.3, -0.25) is 4.79 Å². The fourth-order valence-corrected chi connectivity index (χ4v) is 3.08. The van der Waals surface area contributed by atoms with Gasteiger partial charge in [-0.25, -0.2) is 0 Å². The molecule has 1 amide bonds. The number of nitrogens with zero attached hydrogens (tertiary/aromatic N) is 1. The number of rotatable bonds is 5. The van der Waals surface area contributed by atoms with Crippen LogP contribution in [0.25, 0.3) is 0 Å². The van der Waals surface area contributed by atoms with Crippen LogP contribution in [0.5, 0.6) is 0 Å². The molecule has 1 atom stereocenters. The second-order valence-electron chi connectivity index (χ2n) is 6.09. The second kappa shape index (κ2) is 7.31. The predicted octanol–water partition coefficient (Wildman–Crippen LogP) is 4.07. The standard InChI is InChI=1S/C18H19F3N2O2/c19-18(20,21)12-25-11-13-5-7-14(8-6-13)17(24)23-10-2-4-16(23)15-3-1-9-22-15/h1,3,5-9,16,22H,2,4,10-12H2/t16-/m1/s1. The molecule has 2 heterocycles. The number of likely N-dealkylation sites (tertiary alicyclic amines) is 1. The van der Waals surface area contributed by atoms with Crippen LogP contribution in [-0.2, 0) is 11.3 Å². The van der Waals surface area contributed by atoms with E-state index in [-0.39, 0.29) is 18.6 Å². The fourth-order valence-electron chi connectivity index (χ4n) is 3.08. The molecule has 0 unspecified atom stereocenters. The minimum atomic E-state index is -4.33. The maximum Gasteiger partial charge on any atom is 0.411 e. The summed E-state index contributed by atoms with van der Waals surface area (Å²) < 4.78 is 40.9. The Morgan fingerprint density at radius 1 is 1.24 bits per heavy atom. The molecule has 25 heavy (non-hydrogen) atoms. The largest absolute Gasteiger partial charge is 0.411 e. The van der Waals surface area contributed by atoms with Gasteiger partial charge in [0.15, 0.2) is 0 Å². The van der Waals surface area contributed by atoms with Gasteiger partial charge in [0.25, 0.3) is 5.91 Å². The van der Waals surface area contributed by atoms with Gasteiger partial charge >= 0.3 is 6.18 Å². The van der Waals surface area contributed by atoms with Crippen LogP contribution in [0.4, 0.5) is 13.2 Å². The van der Waals surface area contributed by atoms with Gasteiger partial charge in [-0.05, 0) is 42.7 Å². The number of aromatic amines is 1. The smallest absolute Gasteiger partial charge is 0.367 e. The van der Waals surface area contributed by atoms with Crippen molar-refractivity contribution in [2.24, 2.45) is 0 Å². The Balaban J connectivity index is 1.62. The number of amides is 1. The number of benzene rings is 1. The lowest BCUT2D eigenvalue weighted by atomic mass is 10.1. The Morgan fingerprint density at radius 2 is 2.00 bits per heavy atom. The van der Waals surface area contributed by atoms with Crippen LogP contribution >= 0.6 is 0 Å². The predicted molar refractivity (Wildman–Crippen MR) is 86.0 cm³/mol. The average molecular weight is 352 g/mol. The summed E-state index contributed by atoms with van der Waals surface area (Å²) >= 11 is 0. The van der Waals surface area contributed by atoms with E-state index in [1.807, 2.05) is 23.2 Å². The first-order valence-electron chi connectivity index (χ1n) is 8.12. The highest BCUT2D eigenvalue weighted by molar-refractivity contribution is 5.94. The molecule has 1 saturated heterocycles. The van der Waals surface area contributed by atoms with Gasteiger partial charge in [-0.1, -0.05) is 12.1 Å². The molecule has 134 valence electrons. The molecule has 1 fully saturated rings. The van der Waals surface area contributed by atoms with Crippen LogP contribution in [0.1, 0.15) is 40.5 Å². The summed E-state index contributed by atoms with van der Waals surface area (Å²) in [6, 6.07) is 10.4. The number of hydrogen-bond acceptors (Lipinski definition) is 2. The fraction of sp³-hybridized carbons (Fsp3) is 0.389. The maximum atomic E-state index is 12.7. The zero-order valence-electron chi connectivity index (χ0n) is 13.6. The molecule has 1 N–H and O–H groups in total. The number of nitrogens with one attached hydrogen (secondary N) is 1. The number of alkyl halides is 3. The normalized spacial score (nSPS) is 17.9. The minimum absolute atomic E-state index is 0.0392. The number of carbonyl (C=O) groups is 1. The van der Waals surface area contributed by atoms with Gasteiger partial charge in [0.2, 0.25) is 0 Å². The highest BCUT2D eigenvalue weighted by Crippen LogP contribution is 2.32. The van der Waals surface area contributed by atoms with Crippen molar-refractivity contribution < 1.29 is 22.7 Å². The summed E-state index contributed by atoms with van der Waals surface area (Å²) in [6.45, 7) is -0.721. The molecule has 7 heteroatoms. The Hall–Kier alpha value is -2.28. The quantitative estimate of drug-likeness (QED) is 0.882. The number of aromatic nitrogens is 1. The molecule has 0 bridgehead atoms. The highest BCUT2D eigenvalue weighted by Gasteiger charge is 2.31. The molecule has 0 spiro atoms. The Labute approximate surface area is 143 Å². The van der Waals surface area contributed by atoms with Gasteiger partial charge in [-0.2, -0.15) is 13.2 Å². The molecule has 1 aliphatic heterocycles. The molecular formula is C18H19F3N2O2. The van der Waals surface area contributed by atoms with E-state index in [1.165, 1.54) is 0 Å². The minimum Gasteiger partial charge on any atom is -0.367 e. The molecule has 0 aliphatic carbocycles. The monoisotopic (exact) mass is 352 g/mol. The number of ether oxygens (including phenoxy) is 1. The van der Waals surface area contributed by atoms with E-state index >= 15 is 0 Å². The third-order valence-corrected chi connectivity index (χ3v) is 4.23. The lowest BCUT2D eigenvalue weighted by Crippen LogP contribution is -2.30. The van der Waals surface area contributed by atoms with Crippen molar-refractivity contribution in [1.29, 1.82) is 0 Å². The first-order chi connectivity index (χ1) is 11.9. The van der Waals surface area contributed by atoms with Crippen LogP contribution in [0.15, 0.2) is 42.6 Å². The molecular weight excluding hydrogens is 333 g/mol. The number of H-pyrrole nitrogens is 1. The summed E-state index contributed by atoms with van der Waals surface area (Å²) in [5.74, 6) is -0.0696. The molecule has 0 radical (unpaired) electrons. The van der Waals surface area contributed by atoms with E-state index in [4.69, 9.17) is 0 Å². The molecule has 1 aliphatic rings. The zero-order valence-corrected chi connectivity index (χ0v) is 13.6. The molecule has 2 aromatic rings. The lowest BCUT2D eigenvalue weighted by Gasteiger charge is -2.24. The second-order valence-corrected chi connectivity index (χ2v) is 6.09. The van der Waals surface area contributed by atoms with Crippen molar-refractivity contribution in [1.82, 2.24) is 9.88 Å². The Kier molecular flexibility index (Phi) is 5.13. The number of halogens is 3. The van der Waals surface area contributed by atoms with Crippen LogP contribution < -0.4 is 0 Å². The summed E-state index contributed by atoms with van der Waals surface area (Å²) in [4.78, 5) is 17.7. The van der Waals surface area contributed by atoms with E-state index in [0.29, 0.717) is 17.7 Å². The van der Waals surface area contributed by atoms with Crippen molar-refractivity contribution in [3.8, 4) is 0 Å². The van der Waals surface area contributed by atoms with Crippen molar-refractivity contribution >= 4 is 5.91 Å². The number of carbonyl (C=O) groups excluding carboxylic acids is 1. The third kappa shape index (κ3) is 4.42. The van der Waals surface area contributed by atoms with E-state index in [1.54, 1.807) is 24.3 Å². The third-order valence-electron chi connectivity index (χ3n) is 4.23. The SMILES string of the molecule is O=C(c1ccc(COCC(F)(F)F)cc1)N1CCC[C@@H]1c1ccc[nH]1. The van der Waals surface area contributed by atoms with Gasteiger partial charge < -0.3 is 14.6 Å². The van der Waals surface area contributed by atoms with Crippen LogP contribution in [-0.4, -0.2) is 35.1 Å². The van der Waals surface area contributed by atoms with Crippen molar-refractivity contribution in [3.05, 3.63) is 59.4 Å². The van der Waals surface area contributed by atoms with E-state index < -0.39 is 12.8 Å². The summed E-state index contributed by atoms with van der Waals surface area (Å²) in [7, 11) is 0. The van der Waals surface area contributed by atoms with Gasteiger partial charge in [-0.15, -0.1) is 0 Å². The summed E-state index contributed by atoms with van der Waals surface area (Å²) in [5.41, 5.74) is 2.14. The average Bonchev–Trinajstić information content (AvgIpc) is 3.24. The van der Waals surface area contributed by atoms with E-state index in [0.717, 1.165) is 18.5 Å². The van der Waals surface area contributed by atoms with Crippen LogP contribution in [0.2, 0.25) is 0 Å². The molecule has 0 saturated carbocycles. The number of hydrogen-bond donors (Lipinski definition) is 1. The Morgan fingerprint density at radius 3 is 2.64 bits per heavy atom. The van der Waals surface area contributed by atoms with Crippen molar-refractivity contribution in [2.75, 3.05) is 13.2 Å². The molecule has 1 aromatic carbocycles.